The van der Waals surface area contributed by atoms with Crippen LogP contribution in [-0.2, 0) is 6.42 Å². The Morgan fingerprint density at radius 3 is 2.21 bits per heavy atom. The van der Waals surface area contributed by atoms with E-state index in [2.05, 4.69) is 11.9 Å². The topological polar surface area (TPSA) is 73.7 Å². The maximum absolute atomic E-state index is 12.8. The molecule has 0 spiro atoms. The highest BCUT2D eigenvalue weighted by Gasteiger charge is 2.23. The Balaban J connectivity index is 1.61. The van der Waals surface area contributed by atoms with Crippen molar-refractivity contribution in [1.82, 2.24) is 14.8 Å². The fourth-order valence-corrected chi connectivity index (χ4v) is 3.43. The van der Waals surface area contributed by atoms with Crippen LogP contribution in [0.4, 0.5) is 0 Å². The Bertz CT molecular complexity index is 820. The van der Waals surface area contributed by atoms with E-state index >= 15 is 0 Å². The molecule has 1 N–H and O–H groups in total. The standard InChI is InChI=1S/C22H27N3O3/c1-2-3-5-17-6-8-18(9-7-17)21(27)24-10-4-11-25(13-12-24)22(28)19-14-20(26)16-23-15-19/h6-9,14-16,26H,2-5,10-13H2,1H3. The van der Waals surface area contributed by atoms with Crippen molar-refractivity contribution in [3.05, 3.63) is 59.4 Å². The zero-order chi connectivity index (χ0) is 19.9. The Kier molecular flexibility index (Phi) is 6.63. The number of amides is 2. The molecular weight excluding hydrogens is 354 g/mol. The third kappa shape index (κ3) is 4.88. The molecule has 0 bridgehead atoms. The van der Waals surface area contributed by atoms with E-state index in [1.807, 2.05) is 29.2 Å². The summed E-state index contributed by atoms with van der Waals surface area (Å²) in [6.45, 7) is 4.33. The summed E-state index contributed by atoms with van der Waals surface area (Å²) in [5.74, 6) is -0.187. The van der Waals surface area contributed by atoms with Crippen LogP contribution in [0.3, 0.4) is 0 Å². The molecule has 1 fully saturated rings. The van der Waals surface area contributed by atoms with Crippen LogP contribution >= 0.6 is 0 Å². The van der Waals surface area contributed by atoms with Crippen molar-refractivity contribution in [3.8, 4) is 5.75 Å². The smallest absolute Gasteiger partial charge is 0.255 e. The molecule has 1 aromatic heterocycles. The SMILES string of the molecule is CCCCc1ccc(C(=O)N2CCCN(C(=O)c3cncc(O)c3)CC2)cc1. The summed E-state index contributed by atoms with van der Waals surface area (Å²) in [5.41, 5.74) is 2.31. The Hall–Kier alpha value is -2.89. The van der Waals surface area contributed by atoms with E-state index in [0.29, 0.717) is 37.3 Å². The molecule has 1 saturated heterocycles. The molecule has 0 unspecified atom stereocenters. The molecule has 1 aliphatic rings. The van der Waals surface area contributed by atoms with Gasteiger partial charge in [0.05, 0.1) is 11.8 Å². The summed E-state index contributed by atoms with van der Waals surface area (Å²) < 4.78 is 0. The van der Waals surface area contributed by atoms with Gasteiger partial charge >= 0.3 is 0 Å². The second-order valence-corrected chi connectivity index (χ2v) is 7.17. The first-order chi connectivity index (χ1) is 13.6. The molecule has 0 atom stereocenters. The number of hydrogen-bond donors (Lipinski definition) is 1. The van der Waals surface area contributed by atoms with Crippen molar-refractivity contribution in [1.29, 1.82) is 0 Å². The lowest BCUT2D eigenvalue weighted by molar-refractivity contribution is 0.0718. The van der Waals surface area contributed by atoms with E-state index in [-0.39, 0.29) is 17.6 Å². The monoisotopic (exact) mass is 381 g/mol. The minimum atomic E-state index is -0.169. The van der Waals surface area contributed by atoms with Gasteiger partial charge < -0.3 is 14.9 Å². The molecule has 2 heterocycles. The molecule has 0 saturated carbocycles. The van der Waals surface area contributed by atoms with Gasteiger partial charge in [0.1, 0.15) is 5.75 Å². The molecule has 2 aromatic rings. The summed E-state index contributed by atoms with van der Waals surface area (Å²) in [4.78, 5) is 32.9. The minimum absolute atomic E-state index is 0.00960. The van der Waals surface area contributed by atoms with E-state index in [1.165, 1.54) is 24.0 Å². The van der Waals surface area contributed by atoms with E-state index in [9.17, 15) is 14.7 Å². The number of rotatable bonds is 5. The fraction of sp³-hybridized carbons (Fsp3) is 0.409. The maximum Gasteiger partial charge on any atom is 0.255 e. The predicted molar refractivity (Wildman–Crippen MR) is 107 cm³/mol. The summed E-state index contributed by atoms with van der Waals surface area (Å²) in [5, 5.41) is 9.54. The molecule has 1 aliphatic heterocycles. The third-order valence-electron chi connectivity index (χ3n) is 5.06. The number of nitrogens with zero attached hydrogens (tertiary/aromatic N) is 3. The normalized spacial score (nSPS) is 14.6. The Labute approximate surface area is 165 Å². The van der Waals surface area contributed by atoms with Gasteiger partial charge in [0.2, 0.25) is 0 Å². The van der Waals surface area contributed by atoms with Gasteiger partial charge in [0, 0.05) is 37.9 Å². The van der Waals surface area contributed by atoms with E-state index in [0.717, 1.165) is 25.7 Å². The van der Waals surface area contributed by atoms with Crippen LogP contribution in [0.1, 0.15) is 52.5 Å². The third-order valence-corrected chi connectivity index (χ3v) is 5.06. The molecular formula is C22H27N3O3. The first-order valence-corrected chi connectivity index (χ1v) is 9.90. The van der Waals surface area contributed by atoms with Gasteiger partial charge in [-0.15, -0.1) is 0 Å². The number of carbonyl (C=O) groups is 2. The lowest BCUT2D eigenvalue weighted by atomic mass is 10.1. The summed E-state index contributed by atoms with van der Waals surface area (Å²) in [7, 11) is 0. The molecule has 0 radical (unpaired) electrons. The van der Waals surface area contributed by atoms with Gasteiger partial charge in [-0.05, 0) is 43.0 Å². The largest absolute Gasteiger partial charge is 0.506 e. The molecule has 1 aromatic carbocycles. The average molecular weight is 381 g/mol. The van der Waals surface area contributed by atoms with Crippen molar-refractivity contribution >= 4 is 11.8 Å². The number of pyridine rings is 1. The first-order valence-electron chi connectivity index (χ1n) is 9.90. The molecule has 3 rings (SSSR count). The van der Waals surface area contributed by atoms with Crippen LogP contribution in [0.5, 0.6) is 5.75 Å². The average Bonchev–Trinajstić information content (AvgIpc) is 2.98. The van der Waals surface area contributed by atoms with Gasteiger partial charge in [0.25, 0.3) is 11.8 Å². The van der Waals surface area contributed by atoms with Gasteiger partial charge in [0.15, 0.2) is 0 Å². The van der Waals surface area contributed by atoms with Crippen molar-refractivity contribution in [3.63, 3.8) is 0 Å². The molecule has 28 heavy (non-hydrogen) atoms. The number of unbranched alkanes of at least 4 members (excludes halogenated alkanes) is 1. The van der Waals surface area contributed by atoms with Crippen molar-refractivity contribution < 1.29 is 14.7 Å². The first kappa shape index (κ1) is 19.9. The Morgan fingerprint density at radius 2 is 1.61 bits per heavy atom. The quantitative estimate of drug-likeness (QED) is 0.864. The minimum Gasteiger partial charge on any atom is -0.506 e. The number of carbonyl (C=O) groups excluding carboxylic acids is 2. The van der Waals surface area contributed by atoms with Crippen molar-refractivity contribution in [2.75, 3.05) is 26.2 Å². The van der Waals surface area contributed by atoms with Gasteiger partial charge in [-0.2, -0.15) is 0 Å². The molecule has 6 nitrogen and oxygen atoms in total. The number of benzene rings is 1. The predicted octanol–water partition coefficient (Wildman–Crippen LogP) is 3.12. The molecule has 148 valence electrons. The highest BCUT2D eigenvalue weighted by Crippen LogP contribution is 2.15. The maximum atomic E-state index is 12.8. The van der Waals surface area contributed by atoms with Crippen molar-refractivity contribution in [2.45, 2.75) is 32.6 Å². The summed E-state index contributed by atoms with van der Waals surface area (Å²) in [6.07, 6.45) is 6.82. The van der Waals surface area contributed by atoms with Crippen LogP contribution in [-0.4, -0.2) is 57.9 Å². The van der Waals surface area contributed by atoms with E-state index in [1.54, 1.807) is 4.90 Å². The highest BCUT2D eigenvalue weighted by molar-refractivity contribution is 5.95. The van der Waals surface area contributed by atoms with Crippen LogP contribution < -0.4 is 0 Å². The van der Waals surface area contributed by atoms with Crippen LogP contribution in [0.2, 0.25) is 0 Å². The molecule has 2 amide bonds. The fourth-order valence-electron chi connectivity index (χ4n) is 3.43. The number of aromatic nitrogens is 1. The Morgan fingerprint density at radius 1 is 0.964 bits per heavy atom. The number of aryl methyl sites for hydroxylation is 1. The lowest BCUT2D eigenvalue weighted by Gasteiger charge is -2.22. The molecule has 0 aliphatic carbocycles. The van der Waals surface area contributed by atoms with Crippen LogP contribution in [0, 0.1) is 0 Å². The van der Waals surface area contributed by atoms with Gasteiger partial charge in [-0.1, -0.05) is 25.5 Å². The number of hydrogen-bond acceptors (Lipinski definition) is 4. The second kappa shape index (κ2) is 9.35. The second-order valence-electron chi connectivity index (χ2n) is 7.17. The van der Waals surface area contributed by atoms with E-state index in [4.69, 9.17) is 0 Å². The highest BCUT2D eigenvalue weighted by atomic mass is 16.3. The zero-order valence-electron chi connectivity index (χ0n) is 16.3. The van der Waals surface area contributed by atoms with Crippen LogP contribution in [0.15, 0.2) is 42.7 Å². The lowest BCUT2D eigenvalue weighted by Crippen LogP contribution is -2.37. The van der Waals surface area contributed by atoms with Crippen molar-refractivity contribution in [2.24, 2.45) is 0 Å². The summed E-state index contributed by atoms with van der Waals surface area (Å²) in [6, 6.07) is 9.29. The number of aromatic hydroxyl groups is 1. The molecule has 6 heteroatoms. The summed E-state index contributed by atoms with van der Waals surface area (Å²) >= 11 is 0. The van der Waals surface area contributed by atoms with Crippen LogP contribution in [0.25, 0.3) is 0 Å². The van der Waals surface area contributed by atoms with E-state index < -0.39 is 0 Å². The van der Waals surface area contributed by atoms with Gasteiger partial charge in [-0.25, -0.2) is 0 Å². The van der Waals surface area contributed by atoms with Gasteiger partial charge in [-0.3, -0.25) is 14.6 Å². The zero-order valence-corrected chi connectivity index (χ0v) is 16.3.